The predicted molar refractivity (Wildman–Crippen MR) is 230 cm³/mol. The Morgan fingerprint density at radius 2 is 1.73 bits per heavy atom. The van der Waals surface area contributed by atoms with E-state index in [9.17, 15) is 27.6 Å². The van der Waals surface area contributed by atoms with E-state index in [-0.39, 0.29) is 25.5 Å². The van der Waals surface area contributed by atoms with Crippen LogP contribution in [0.3, 0.4) is 0 Å². The van der Waals surface area contributed by atoms with Crippen LogP contribution in [0, 0.1) is 12.8 Å². The van der Waals surface area contributed by atoms with E-state index >= 15 is 0 Å². The molecule has 2 aromatic carbocycles. The summed E-state index contributed by atoms with van der Waals surface area (Å²) in [5.74, 6) is -1.37. The summed E-state index contributed by atoms with van der Waals surface area (Å²) < 4.78 is 52.6. The van der Waals surface area contributed by atoms with Crippen molar-refractivity contribution in [3.05, 3.63) is 66.2 Å². The van der Waals surface area contributed by atoms with Crippen LogP contribution < -0.4 is 24.8 Å². The lowest BCUT2D eigenvalue weighted by molar-refractivity contribution is -0.141. The minimum Gasteiger partial charge on any atom is -0.497 e. The quantitative estimate of drug-likeness (QED) is 0.159. The molecule has 15 nitrogen and oxygen atoms in total. The summed E-state index contributed by atoms with van der Waals surface area (Å²) in [4.78, 5) is 63.1. The monoisotopic (exact) mass is 867 g/mol. The van der Waals surface area contributed by atoms with E-state index in [0.29, 0.717) is 71.4 Å². The summed E-state index contributed by atoms with van der Waals surface area (Å²) in [6, 6.07) is 13.0. The molecule has 5 atom stereocenters. The third kappa shape index (κ3) is 8.57. The minimum atomic E-state index is -3.92. The lowest BCUT2D eigenvalue weighted by Gasteiger charge is -2.30. The summed E-state index contributed by atoms with van der Waals surface area (Å²) in [7, 11) is -2.33. The average molecular weight is 868 g/mol. The first kappa shape index (κ1) is 41.7. The maximum absolute atomic E-state index is 14.8. The zero-order valence-corrected chi connectivity index (χ0v) is 35.8. The average Bonchev–Trinajstić information content (AvgIpc) is 4.07. The predicted octanol–water partition coefficient (Wildman–Crippen LogP) is 6.35. The number of benzene rings is 2. The Morgan fingerprint density at radius 3 is 2.48 bits per heavy atom. The molecule has 4 amide bonds. The summed E-state index contributed by atoms with van der Waals surface area (Å²) >= 11 is 0. The van der Waals surface area contributed by atoms with Crippen molar-refractivity contribution >= 4 is 55.9 Å². The number of ether oxygens (including phenoxy) is 3. The molecule has 0 unspecified atom stereocenters. The number of aromatic nitrogens is 1. The number of pyridine rings is 1. The molecule has 3 aliphatic carbocycles. The van der Waals surface area contributed by atoms with Crippen molar-refractivity contribution in [3.8, 4) is 22.8 Å². The van der Waals surface area contributed by atoms with Crippen LogP contribution in [0.4, 0.5) is 4.79 Å². The molecule has 4 aromatic rings. The van der Waals surface area contributed by atoms with Crippen molar-refractivity contribution in [2.24, 2.45) is 5.92 Å². The molecule has 1 saturated heterocycles. The molecule has 4 fully saturated rings. The molecule has 0 spiro atoms. The molecule has 2 aliphatic heterocycles. The lowest BCUT2D eigenvalue weighted by Crippen LogP contribution is -2.58. The highest BCUT2D eigenvalue weighted by atomic mass is 32.2. The van der Waals surface area contributed by atoms with Gasteiger partial charge in [0.05, 0.1) is 30.0 Å². The second-order valence-corrected chi connectivity index (χ2v) is 19.5. The zero-order chi connectivity index (χ0) is 43.2. The lowest BCUT2D eigenvalue weighted by atomic mass is 10.0. The van der Waals surface area contributed by atoms with E-state index in [2.05, 4.69) is 15.4 Å². The Kier molecular flexibility index (Phi) is 11.4. The van der Waals surface area contributed by atoms with Crippen LogP contribution in [0.25, 0.3) is 33.3 Å². The number of hydrogen-bond donors (Lipinski definition) is 3. The second-order valence-electron chi connectivity index (χ2n) is 17.5. The van der Waals surface area contributed by atoms with Gasteiger partial charge in [-0.2, -0.15) is 0 Å². The molecule has 2 aromatic heterocycles. The third-order valence-electron chi connectivity index (χ3n) is 12.9. The van der Waals surface area contributed by atoms with Gasteiger partial charge in [-0.15, -0.1) is 0 Å². The van der Waals surface area contributed by atoms with E-state index in [1.165, 1.54) is 4.90 Å². The number of hydrogen-bond acceptors (Lipinski definition) is 11. The summed E-state index contributed by atoms with van der Waals surface area (Å²) in [6.45, 7) is 1.96. The van der Waals surface area contributed by atoms with E-state index in [4.69, 9.17) is 23.6 Å². The van der Waals surface area contributed by atoms with Crippen LogP contribution in [0.2, 0.25) is 0 Å². The number of fused-ring (bicyclic) bond motifs is 5. The fourth-order valence-corrected chi connectivity index (χ4v) is 10.5. The Balaban J connectivity index is 1.06. The molecule has 3 N–H and O–H groups in total. The number of carbonyl (C=O) groups excluding carboxylic acids is 4. The fraction of sp³-hybridized carbons (Fsp3) is 0.500. The first-order chi connectivity index (χ1) is 29.9. The summed E-state index contributed by atoms with van der Waals surface area (Å²) in [6.07, 6.45) is 9.98. The number of furan rings is 1. The number of amides is 4. The van der Waals surface area contributed by atoms with Crippen molar-refractivity contribution in [2.45, 2.75) is 125 Å². The zero-order valence-electron chi connectivity index (χ0n) is 35.0. The highest BCUT2D eigenvalue weighted by Gasteiger charge is 2.62. The summed E-state index contributed by atoms with van der Waals surface area (Å²) in [5, 5.41) is 5.84. The Labute approximate surface area is 360 Å². The number of nitrogens with zero attached hydrogens (tertiary/aromatic N) is 2. The number of sulfonamides is 1. The molecular formula is C46H53N5O10S. The van der Waals surface area contributed by atoms with Crippen molar-refractivity contribution in [1.82, 2.24) is 25.2 Å². The van der Waals surface area contributed by atoms with Crippen LogP contribution in [-0.2, 0) is 29.1 Å². The maximum Gasteiger partial charge on any atom is 0.408 e. The molecule has 0 radical (unpaired) electrons. The molecule has 62 heavy (non-hydrogen) atoms. The SMILES string of the molecule is COc1ccc2oc3c(O[C@@H]4C[C@H]5C(=O)N[C@]6(C(=O)NS(=O)(=O)C7CC7)C[C@H]6/C=C\CCCCC[C@H](NC(=O)OC6CCCC6)C(=O)N5C4)cc(-c4ccc(C)cc4)nc3c2c1. The first-order valence-corrected chi connectivity index (χ1v) is 23.4. The normalized spacial score (nSPS) is 26.5. The number of allylic oxidation sites excluding steroid dienone is 1. The molecule has 328 valence electrons. The second kappa shape index (κ2) is 16.9. The van der Waals surface area contributed by atoms with Gasteiger partial charge >= 0.3 is 6.09 Å². The Morgan fingerprint density at radius 1 is 0.952 bits per heavy atom. The van der Waals surface area contributed by atoms with Gasteiger partial charge in [0.15, 0.2) is 11.3 Å². The largest absolute Gasteiger partial charge is 0.497 e. The van der Waals surface area contributed by atoms with Gasteiger partial charge in [-0.25, -0.2) is 18.2 Å². The molecule has 16 heteroatoms. The van der Waals surface area contributed by atoms with E-state index in [1.807, 2.05) is 49.4 Å². The van der Waals surface area contributed by atoms with Gasteiger partial charge in [-0.05, 0) is 89.3 Å². The number of alkyl carbamates (subject to hydrolysis) is 1. The Bertz CT molecular complexity index is 2530. The van der Waals surface area contributed by atoms with Crippen molar-refractivity contribution < 1.29 is 46.2 Å². The van der Waals surface area contributed by atoms with Crippen molar-refractivity contribution in [2.75, 3.05) is 13.7 Å². The standard InChI is InChI=1S/C46H53N5O10S/c1-27-14-16-28(17-15-27)36-24-39(41-40(47-36)34-22-31(58-2)18-21-38(34)61-41)59-32-23-37-42(52)49-46(44(54)50-62(56,57)33-19-20-33)25-29(46)10-6-4-3-5-7-13-35(43(53)51(37)26-32)48-45(55)60-30-11-8-9-12-30/h6,10,14-18,21-22,24,29-30,32-33,35,37H,3-5,7-9,11-13,19-20,23,25-26H2,1-2H3,(H,48,55)(H,49,52)(H,50,54)/b10-6-/t29-,32-,35+,37+,46-/m1/s1. The van der Waals surface area contributed by atoms with Crippen LogP contribution in [-0.4, -0.2) is 90.9 Å². The van der Waals surface area contributed by atoms with Crippen molar-refractivity contribution in [1.29, 1.82) is 0 Å². The van der Waals surface area contributed by atoms with Crippen LogP contribution in [0.15, 0.2) is 65.1 Å². The molecule has 4 heterocycles. The van der Waals surface area contributed by atoms with Gasteiger partial charge in [0.1, 0.15) is 46.7 Å². The number of rotatable bonds is 9. The third-order valence-corrected chi connectivity index (χ3v) is 14.8. The highest BCUT2D eigenvalue weighted by molar-refractivity contribution is 7.91. The van der Waals surface area contributed by atoms with E-state index in [0.717, 1.165) is 49.7 Å². The van der Waals surface area contributed by atoms with Gasteiger partial charge in [-0.1, -0.05) is 54.8 Å². The van der Waals surface area contributed by atoms with Gasteiger partial charge in [-0.3, -0.25) is 19.1 Å². The molecule has 9 rings (SSSR count). The van der Waals surface area contributed by atoms with Crippen LogP contribution >= 0.6 is 0 Å². The topological polar surface area (TPSA) is 195 Å². The number of carbonyl (C=O) groups is 4. The van der Waals surface area contributed by atoms with Crippen LogP contribution in [0.5, 0.6) is 11.5 Å². The number of methoxy groups -OCH3 is 1. The first-order valence-electron chi connectivity index (χ1n) is 21.9. The fourth-order valence-electron chi connectivity index (χ4n) is 9.13. The van der Waals surface area contributed by atoms with E-state index < -0.39 is 68.7 Å². The molecule has 0 bridgehead atoms. The maximum atomic E-state index is 14.8. The molecular weight excluding hydrogens is 815 g/mol. The summed E-state index contributed by atoms with van der Waals surface area (Å²) in [5.41, 5.74) is 2.49. The minimum absolute atomic E-state index is 0.0210. The van der Waals surface area contributed by atoms with Gasteiger partial charge in [0.2, 0.25) is 21.8 Å². The van der Waals surface area contributed by atoms with Gasteiger partial charge in [0.25, 0.3) is 5.91 Å². The van der Waals surface area contributed by atoms with Crippen molar-refractivity contribution in [3.63, 3.8) is 0 Å². The van der Waals surface area contributed by atoms with E-state index in [1.54, 1.807) is 25.3 Å². The Hall–Kier alpha value is -5.64. The van der Waals surface area contributed by atoms with Crippen LogP contribution in [0.1, 0.15) is 89.0 Å². The molecule has 5 aliphatic rings. The van der Waals surface area contributed by atoms with Gasteiger partial charge in [0, 0.05) is 24.0 Å². The van der Waals surface area contributed by atoms with Gasteiger partial charge < -0.3 is 34.2 Å². The molecule has 3 saturated carbocycles. The number of nitrogens with one attached hydrogen (secondary N) is 3. The smallest absolute Gasteiger partial charge is 0.408 e. The number of aryl methyl sites for hydroxylation is 1. The highest BCUT2D eigenvalue weighted by Crippen LogP contribution is 2.46.